The maximum atomic E-state index is 13.3. The molecule has 1 aliphatic rings. The molecule has 168 valence electrons. The molecule has 31 heavy (non-hydrogen) atoms. The van der Waals surface area contributed by atoms with Crippen molar-refractivity contribution in [1.29, 1.82) is 0 Å². The molecule has 0 spiro atoms. The first-order valence-corrected chi connectivity index (χ1v) is 11.7. The smallest absolute Gasteiger partial charge is 0.264 e. The van der Waals surface area contributed by atoms with Gasteiger partial charge in [-0.1, -0.05) is 12.8 Å². The third-order valence-electron chi connectivity index (χ3n) is 5.10. The third kappa shape index (κ3) is 6.48. The van der Waals surface area contributed by atoms with Gasteiger partial charge in [0.15, 0.2) is 0 Å². The van der Waals surface area contributed by atoms with Crippen molar-refractivity contribution in [2.75, 3.05) is 24.0 Å². The molecule has 1 fully saturated rings. The molecule has 1 amide bonds. The van der Waals surface area contributed by atoms with E-state index in [0.29, 0.717) is 25.7 Å². The van der Waals surface area contributed by atoms with E-state index in [1.54, 1.807) is 0 Å². The largest absolute Gasteiger partial charge is 0.378 e. The summed E-state index contributed by atoms with van der Waals surface area (Å²) in [6.07, 6.45) is 5.42. The average Bonchev–Trinajstić information content (AvgIpc) is 3.26. The Balaban J connectivity index is 1.64. The number of hydrogen-bond acceptors (Lipinski definition) is 4. The summed E-state index contributed by atoms with van der Waals surface area (Å²) in [6.45, 7) is 0.384. The molecule has 0 heterocycles. The van der Waals surface area contributed by atoms with Crippen LogP contribution in [-0.2, 0) is 19.6 Å². The highest BCUT2D eigenvalue weighted by molar-refractivity contribution is 7.92. The molecule has 0 aromatic heterocycles. The van der Waals surface area contributed by atoms with Crippen LogP contribution in [0.15, 0.2) is 53.4 Å². The van der Waals surface area contributed by atoms with Gasteiger partial charge in [0.05, 0.1) is 16.7 Å². The molecule has 0 saturated heterocycles. The van der Waals surface area contributed by atoms with Gasteiger partial charge in [0.2, 0.25) is 5.91 Å². The molecular formula is C22H26F2N2O4S. The Labute approximate surface area is 181 Å². The predicted octanol–water partition coefficient (Wildman–Crippen LogP) is 3.63. The number of halogens is 2. The molecule has 9 heteroatoms. The lowest BCUT2D eigenvalue weighted by Crippen LogP contribution is -2.41. The lowest BCUT2D eigenvalue weighted by atomic mass is 10.3. The zero-order valence-corrected chi connectivity index (χ0v) is 17.9. The van der Waals surface area contributed by atoms with Gasteiger partial charge in [-0.25, -0.2) is 17.2 Å². The molecule has 2 aromatic rings. The number of amides is 1. The van der Waals surface area contributed by atoms with Crippen molar-refractivity contribution >= 4 is 21.6 Å². The molecule has 0 bridgehead atoms. The second kappa shape index (κ2) is 10.7. The Morgan fingerprint density at radius 3 is 2.19 bits per heavy atom. The monoisotopic (exact) mass is 452 g/mol. The number of carbonyl (C=O) groups is 1. The standard InChI is InChI=1S/C22H26F2N2O4S/c23-17-6-10-19(11-7-17)26(31(28,29)21-12-8-18(24)9-13-21)16-22(27)25-14-3-15-30-20-4-1-2-5-20/h6-13,20H,1-5,14-16H2,(H,25,27). The molecule has 0 radical (unpaired) electrons. The molecular weight excluding hydrogens is 426 g/mol. The highest BCUT2D eigenvalue weighted by atomic mass is 32.2. The molecule has 3 rings (SSSR count). The topological polar surface area (TPSA) is 75.7 Å². The lowest BCUT2D eigenvalue weighted by Gasteiger charge is -2.24. The van der Waals surface area contributed by atoms with Gasteiger partial charge >= 0.3 is 0 Å². The van der Waals surface area contributed by atoms with E-state index >= 15 is 0 Å². The number of hydrogen-bond donors (Lipinski definition) is 1. The Kier molecular flexibility index (Phi) is 7.97. The highest BCUT2D eigenvalue weighted by Crippen LogP contribution is 2.24. The zero-order chi connectivity index (χ0) is 22.3. The number of carbonyl (C=O) groups excluding carboxylic acids is 1. The molecule has 2 aromatic carbocycles. The number of ether oxygens (including phenoxy) is 1. The number of sulfonamides is 1. The number of nitrogens with zero attached hydrogens (tertiary/aromatic N) is 1. The second-order valence-electron chi connectivity index (χ2n) is 7.42. The van der Waals surface area contributed by atoms with Gasteiger partial charge in [-0.3, -0.25) is 9.10 Å². The first-order valence-electron chi connectivity index (χ1n) is 10.3. The van der Waals surface area contributed by atoms with Gasteiger partial charge in [0.25, 0.3) is 10.0 Å². The Morgan fingerprint density at radius 1 is 1.00 bits per heavy atom. The van der Waals surface area contributed by atoms with E-state index < -0.39 is 34.1 Å². The SMILES string of the molecule is O=C(CN(c1ccc(F)cc1)S(=O)(=O)c1ccc(F)cc1)NCCCOC1CCCC1. The zero-order valence-electron chi connectivity index (χ0n) is 17.1. The summed E-state index contributed by atoms with van der Waals surface area (Å²) in [6, 6.07) is 9.08. The van der Waals surface area contributed by atoms with E-state index in [2.05, 4.69) is 5.32 Å². The summed E-state index contributed by atoms with van der Waals surface area (Å²) >= 11 is 0. The van der Waals surface area contributed by atoms with Crippen LogP contribution in [0.1, 0.15) is 32.1 Å². The maximum absolute atomic E-state index is 13.3. The second-order valence-corrected chi connectivity index (χ2v) is 9.29. The number of nitrogens with one attached hydrogen (secondary N) is 1. The average molecular weight is 453 g/mol. The van der Waals surface area contributed by atoms with Crippen molar-refractivity contribution in [2.45, 2.75) is 43.1 Å². The third-order valence-corrected chi connectivity index (χ3v) is 6.89. The maximum Gasteiger partial charge on any atom is 0.264 e. The highest BCUT2D eigenvalue weighted by Gasteiger charge is 2.27. The fraction of sp³-hybridized carbons (Fsp3) is 0.409. The van der Waals surface area contributed by atoms with Crippen LogP contribution in [0, 0.1) is 11.6 Å². The first kappa shape index (κ1) is 23.1. The van der Waals surface area contributed by atoms with Gasteiger partial charge in [0.1, 0.15) is 18.2 Å². The van der Waals surface area contributed by atoms with Crippen LogP contribution < -0.4 is 9.62 Å². The van der Waals surface area contributed by atoms with Crippen molar-refractivity contribution < 1.29 is 26.7 Å². The van der Waals surface area contributed by atoms with Crippen molar-refractivity contribution in [3.63, 3.8) is 0 Å². The van der Waals surface area contributed by atoms with E-state index in [1.165, 1.54) is 25.0 Å². The summed E-state index contributed by atoms with van der Waals surface area (Å²) in [5.41, 5.74) is 0.130. The van der Waals surface area contributed by atoms with Crippen molar-refractivity contribution in [1.82, 2.24) is 5.32 Å². The predicted molar refractivity (Wildman–Crippen MR) is 113 cm³/mol. The molecule has 6 nitrogen and oxygen atoms in total. The van der Waals surface area contributed by atoms with Gasteiger partial charge in [-0.05, 0) is 67.8 Å². The van der Waals surface area contributed by atoms with Crippen molar-refractivity contribution in [3.8, 4) is 0 Å². The van der Waals surface area contributed by atoms with Crippen LogP contribution in [0.25, 0.3) is 0 Å². The summed E-state index contributed by atoms with van der Waals surface area (Å²) < 4.78 is 59.4. The van der Waals surface area contributed by atoms with Crippen LogP contribution in [0.3, 0.4) is 0 Å². The van der Waals surface area contributed by atoms with Crippen LogP contribution in [-0.4, -0.2) is 40.1 Å². The summed E-state index contributed by atoms with van der Waals surface area (Å²) in [5.74, 6) is -1.62. The molecule has 0 aliphatic heterocycles. The summed E-state index contributed by atoms with van der Waals surface area (Å²) in [4.78, 5) is 12.3. The minimum Gasteiger partial charge on any atom is -0.378 e. The normalized spacial score (nSPS) is 14.5. The fourth-order valence-electron chi connectivity index (χ4n) is 3.45. The van der Waals surface area contributed by atoms with E-state index in [-0.39, 0.29) is 10.6 Å². The van der Waals surface area contributed by atoms with E-state index in [1.807, 2.05) is 0 Å². The van der Waals surface area contributed by atoms with Crippen molar-refractivity contribution in [3.05, 3.63) is 60.2 Å². The summed E-state index contributed by atoms with van der Waals surface area (Å²) in [5, 5.41) is 2.69. The fourth-order valence-corrected chi connectivity index (χ4v) is 4.87. The van der Waals surface area contributed by atoms with Gasteiger partial charge < -0.3 is 10.1 Å². The Morgan fingerprint density at radius 2 is 1.58 bits per heavy atom. The van der Waals surface area contributed by atoms with E-state index in [9.17, 15) is 22.0 Å². The first-order chi connectivity index (χ1) is 14.9. The Bertz CT molecular complexity index is 960. The minimum absolute atomic E-state index is 0.130. The van der Waals surface area contributed by atoms with E-state index in [0.717, 1.165) is 53.5 Å². The van der Waals surface area contributed by atoms with Crippen LogP contribution in [0.5, 0.6) is 0 Å². The van der Waals surface area contributed by atoms with Crippen LogP contribution in [0.2, 0.25) is 0 Å². The molecule has 1 N–H and O–H groups in total. The van der Waals surface area contributed by atoms with Crippen LogP contribution >= 0.6 is 0 Å². The van der Waals surface area contributed by atoms with Gasteiger partial charge in [-0.15, -0.1) is 0 Å². The Hall–Kier alpha value is -2.52. The molecule has 0 unspecified atom stereocenters. The number of benzene rings is 2. The van der Waals surface area contributed by atoms with Gasteiger partial charge in [0, 0.05) is 13.2 Å². The quantitative estimate of drug-likeness (QED) is 0.559. The number of anilines is 1. The minimum atomic E-state index is -4.17. The molecule has 1 saturated carbocycles. The van der Waals surface area contributed by atoms with Crippen molar-refractivity contribution in [2.24, 2.45) is 0 Å². The number of rotatable bonds is 10. The van der Waals surface area contributed by atoms with Gasteiger partial charge in [-0.2, -0.15) is 0 Å². The lowest BCUT2D eigenvalue weighted by molar-refractivity contribution is -0.119. The molecule has 0 atom stereocenters. The van der Waals surface area contributed by atoms with E-state index in [4.69, 9.17) is 4.74 Å². The molecule has 1 aliphatic carbocycles. The summed E-state index contributed by atoms with van der Waals surface area (Å²) in [7, 11) is -4.17. The van der Waals surface area contributed by atoms with Crippen LogP contribution in [0.4, 0.5) is 14.5 Å².